The van der Waals surface area contributed by atoms with Gasteiger partial charge in [0.1, 0.15) is 5.82 Å². The van der Waals surface area contributed by atoms with E-state index in [1.807, 2.05) is 13.1 Å². The Morgan fingerprint density at radius 3 is 2.26 bits per heavy atom. The molecule has 2 rings (SSSR count). The summed E-state index contributed by atoms with van der Waals surface area (Å²) in [5.74, 6) is -0.202. The highest BCUT2D eigenvalue weighted by molar-refractivity contribution is 9.08. The molecule has 0 N–H and O–H groups in total. The molecule has 2 aromatic rings. The molecule has 0 saturated heterocycles. The van der Waals surface area contributed by atoms with Crippen molar-refractivity contribution in [3.63, 3.8) is 0 Å². The topological polar surface area (TPSA) is 3.24 Å². The predicted molar refractivity (Wildman–Crippen MR) is 83.0 cm³/mol. The number of benzene rings is 2. The smallest absolute Gasteiger partial charge is 0.123 e. The first kappa shape index (κ1) is 14.1. The van der Waals surface area contributed by atoms with Crippen molar-refractivity contribution in [3.05, 3.63) is 58.9 Å². The summed E-state index contributed by atoms with van der Waals surface area (Å²) in [5, 5.41) is 0.634. The van der Waals surface area contributed by atoms with Gasteiger partial charge in [0, 0.05) is 23.8 Å². The van der Waals surface area contributed by atoms with Crippen molar-refractivity contribution in [2.75, 3.05) is 11.9 Å². The predicted octanol–water partition coefficient (Wildman–Crippen LogP) is 5.11. The highest BCUT2D eigenvalue weighted by atomic mass is 79.9. The van der Waals surface area contributed by atoms with E-state index in [2.05, 4.69) is 52.9 Å². The van der Waals surface area contributed by atoms with Crippen molar-refractivity contribution in [1.82, 2.24) is 0 Å². The average Bonchev–Trinajstić information content (AvgIpc) is 2.36. The lowest BCUT2D eigenvalue weighted by atomic mass is 10.1. The summed E-state index contributed by atoms with van der Waals surface area (Å²) < 4.78 is 13.3. The van der Waals surface area contributed by atoms with Crippen molar-refractivity contribution < 1.29 is 4.39 Å². The van der Waals surface area contributed by atoms with Crippen LogP contribution in [0.25, 0.3) is 0 Å². The van der Waals surface area contributed by atoms with Gasteiger partial charge < -0.3 is 4.90 Å². The molecule has 2 aromatic carbocycles. The molecule has 0 bridgehead atoms. The Hall–Kier alpha value is -1.35. The van der Waals surface area contributed by atoms with Crippen LogP contribution in [0.4, 0.5) is 15.8 Å². The molecule has 0 spiro atoms. The SMILES string of the molecule is Cc1cc(C)cc(N(C)c2ccc(F)cc2CBr)c1. The Morgan fingerprint density at radius 1 is 1.05 bits per heavy atom. The largest absolute Gasteiger partial charge is 0.344 e. The van der Waals surface area contributed by atoms with Crippen LogP contribution < -0.4 is 4.90 Å². The standard InChI is InChI=1S/C16H17BrFN/c1-11-6-12(2)8-15(7-11)19(3)16-5-4-14(18)9-13(16)10-17/h4-9H,10H2,1-3H3. The van der Waals surface area contributed by atoms with E-state index < -0.39 is 0 Å². The van der Waals surface area contributed by atoms with Crippen molar-refractivity contribution in [2.24, 2.45) is 0 Å². The number of nitrogens with zero attached hydrogens (tertiary/aromatic N) is 1. The van der Waals surface area contributed by atoms with Crippen molar-refractivity contribution >= 4 is 27.3 Å². The van der Waals surface area contributed by atoms with Crippen LogP contribution >= 0.6 is 15.9 Å². The number of alkyl halides is 1. The second kappa shape index (κ2) is 5.74. The molecule has 0 aliphatic heterocycles. The zero-order valence-electron chi connectivity index (χ0n) is 11.4. The molecule has 0 amide bonds. The third-order valence-electron chi connectivity index (χ3n) is 3.14. The summed E-state index contributed by atoms with van der Waals surface area (Å²) in [4.78, 5) is 2.09. The van der Waals surface area contributed by atoms with Crippen LogP contribution in [-0.4, -0.2) is 7.05 Å². The van der Waals surface area contributed by atoms with Gasteiger partial charge in [-0.15, -0.1) is 0 Å². The molecule has 0 heterocycles. The lowest BCUT2D eigenvalue weighted by molar-refractivity contribution is 0.626. The highest BCUT2D eigenvalue weighted by Crippen LogP contribution is 2.30. The van der Waals surface area contributed by atoms with E-state index >= 15 is 0 Å². The summed E-state index contributed by atoms with van der Waals surface area (Å²) in [5.41, 5.74) is 5.53. The van der Waals surface area contributed by atoms with Crippen molar-refractivity contribution in [3.8, 4) is 0 Å². The molecule has 0 saturated carbocycles. The Kier molecular flexibility index (Phi) is 4.25. The maximum absolute atomic E-state index is 13.3. The van der Waals surface area contributed by atoms with E-state index in [0.29, 0.717) is 5.33 Å². The zero-order chi connectivity index (χ0) is 14.0. The second-order valence-corrected chi connectivity index (χ2v) is 5.37. The first-order valence-corrected chi connectivity index (χ1v) is 7.30. The molecule has 0 unspecified atom stereocenters. The monoisotopic (exact) mass is 321 g/mol. The quantitative estimate of drug-likeness (QED) is 0.710. The summed E-state index contributed by atoms with van der Waals surface area (Å²) in [6.45, 7) is 4.17. The molecule has 0 aliphatic carbocycles. The third kappa shape index (κ3) is 3.16. The van der Waals surface area contributed by atoms with E-state index in [1.165, 1.54) is 17.2 Å². The number of hydrogen-bond donors (Lipinski definition) is 0. The molecular weight excluding hydrogens is 305 g/mol. The average molecular weight is 322 g/mol. The highest BCUT2D eigenvalue weighted by Gasteiger charge is 2.10. The van der Waals surface area contributed by atoms with Gasteiger partial charge in [0.25, 0.3) is 0 Å². The van der Waals surface area contributed by atoms with Gasteiger partial charge in [-0.1, -0.05) is 22.0 Å². The maximum Gasteiger partial charge on any atom is 0.123 e. The Balaban J connectivity index is 2.46. The fourth-order valence-corrected chi connectivity index (χ4v) is 2.72. The van der Waals surface area contributed by atoms with Crippen LogP contribution in [-0.2, 0) is 5.33 Å². The lowest BCUT2D eigenvalue weighted by Gasteiger charge is -2.23. The van der Waals surface area contributed by atoms with Gasteiger partial charge in [0.15, 0.2) is 0 Å². The van der Waals surface area contributed by atoms with Crippen LogP contribution in [0, 0.1) is 19.7 Å². The van der Waals surface area contributed by atoms with Crippen LogP contribution in [0.3, 0.4) is 0 Å². The van der Waals surface area contributed by atoms with Crippen LogP contribution in [0.1, 0.15) is 16.7 Å². The summed E-state index contributed by atoms with van der Waals surface area (Å²) in [6, 6.07) is 11.3. The molecule has 0 aromatic heterocycles. The molecule has 19 heavy (non-hydrogen) atoms. The number of rotatable bonds is 3. The van der Waals surface area contributed by atoms with E-state index in [4.69, 9.17) is 0 Å². The first-order chi connectivity index (χ1) is 9.01. The first-order valence-electron chi connectivity index (χ1n) is 6.17. The summed E-state index contributed by atoms with van der Waals surface area (Å²) in [6.07, 6.45) is 0. The number of aryl methyl sites for hydroxylation is 2. The number of anilines is 2. The minimum atomic E-state index is -0.202. The van der Waals surface area contributed by atoms with E-state index in [1.54, 1.807) is 6.07 Å². The van der Waals surface area contributed by atoms with Crippen LogP contribution in [0.15, 0.2) is 36.4 Å². The van der Waals surface area contributed by atoms with Crippen molar-refractivity contribution in [1.29, 1.82) is 0 Å². The van der Waals surface area contributed by atoms with Gasteiger partial charge in [0.05, 0.1) is 0 Å². The second-order valence-electron chi connectivity index (χ2n) is 4.81. The molecule has 0 atom stereocenters. The van der Waals surface area contributed by atoms with E-state index in [-0.39, 0.29) is 5.82 Å². The van der Waals surface area contributed by atoms with Gasteiger partial charge in [-0.3, -0.25) is 0 Å². The summed E-state index contributed by atoms with van der Waals surface area (Å²) >= 11 is 3.42. The minimum Gasteiger partial charge on any atom is -0.344 e. The van der Waals surface area contributed by atoms with Gasteiger partial charge >= 0.3 is 0 Å². The molecule has 3 heteroatoms. The van der Waals surface area contributed by atoms with Gasteiger partial charge in [-0.05, 0) is 60.9 Å². The third-order valence-corrected chi connectivity index (χ3v) is 3.74. The van der Waals surface area contributed by atoms with Crippen LogP contribution in [0.5, 0.6) is 0 Å². The molecule has 100 valence electrons. The van der Waals surface area contributed by atoms with Gasteiger partial charge in [-0.2, -0.15) is 0 Å². The molecule has 0 aliphatic rings. The zero-order valence-corrected chi connectivity index (χ0v) is 13.0. The molecular formula is C16H17BrFN. The maximum atomic E-state index is 13.3. The minimum absolute atomic E-state index is 0.202. The molecule has 0 fully saturated rings. The fourth-order valence-electron chi connectivity index (χ4n) is 2.27. The molecule has 0 radical (unpaired) electrons. The van der Waals surface area contributed by atoms with E-state index in [9.17, 15) is 4.39 Å². The fraction of sp³-hybridized carbons (Fsp3) is 0.250. The van der Waals surface area contributed by atoms with Crippen molar-refractivity contribution in [2.45, 2.75) is 19.2 Å². The van der Waals surface area contributed by atoms with E-state index in [0.717, 1.165) is 16.9 Å². The van der Waals surface area contributed by atoms with Gasteiger partial charge in [-0.25, -0.2) is 4.39 Å². The van der Waals surface area contributed by atoms with Gasteiger partial charge in [0.2, 0.25) is 0 Å². The number of hydrogen-bond acceptors (Lipinski definition) is 1. The summed E-state index contributed by atoms with van der Waals surface area (Å²) in [7, 11) is 2.01. The lowest BCUT2D eigenvalue weighted by Crippen LogP contribution is -2.12. The Bertz CT molecular complexity index is 575. The Morgan fingerprint density at radius 2 is 1.68 bits per heavy atom. The normalized spacial score (nSPS) is 10.6. The number of halogens is 2. The molecule has 1 nitrogen and oxygen atoms in total. The Labute approximate surface area is 122 Å². The van der Waals surface area contributed by atoms with Crippen LogP contribution in [0.2, 0.25) is 0 Å².